The molecule has 0 spiro atoms. The van der Waals surface area contributed by atoms with E-state index in [-0.39, 0.29) is 24.3 Å². The topological polar surface area (TPSA) is 55.6 Å². The van der Waals surface area contributed by atoms with Gasteiger partial charge in [0, 0.05) is 13.7 Å². The number of aryl methyl sites for hydroxylation is 1. The summed E-state index contributed by atoms with van der Waals surface area (Å²) >= 11 is 0. The SMILES string of the molecule is COCCN(Cc1ccco1)C(=O)c1ccc(C(F)(F)F)nc1C. The van der Waals surface area contributed by atoms with Gasteiger partial charge in [0.2, 0.25) is 0 Å². The van der Waals surface area contributed by atoms with Crippen molar-refractivity contribution in [2.75, 3.05) is 20.3 Å². The maximum Gasteiger partial charge on any atom is 0.433 e. The second-order valence-corrected chi connectivity index (χ2v) is 5.13. The van der Waals surface area contributed by atoms with Crippen molar-refractivity contribution in [1.29, 1.82) is 0 Å². The molecule has 0 saturated heterocycles. The van der Waals surface area contributed by atoms with Crippen molar-refractivity contribution in [3.63, 3.8) is 0 Å². The van der Waals surface area contributed by atoms with E-state index in [1.54, 1.807) is 12.1 Å². The van der Waals surface area contributed by atoms with Gasteiger partial charge in [-0.3, -0.25) is 4.79 Å². The zero-order valence-electron chi connectivity index (χ0n) is 13.3. The van der Waals surface area contributed by atoms with Gasteiger partial charge in [0.25, 0.3) is 5.91 Å². The number of furan rings is 1. The highest BCUT2D eigenvalue weighted by Gasteiger charge is 2.33. The molecule has 24 heavy (non-hydrogen) atoms. The van der Waals surface area contributed by atoms with E-state index < -0.39 is 17.8 Å². The van der Waals surface area contributed by atoms with Gasteiger partial charge in [-0.15, -0.1) is 0 Å². The Morgan fingerprint density at radius 1 is 1.33 bits per heavy atom. The van der Waals surface area contributed by atoms with Gasteiger partial charge in [-0.25, -0.2) is 4.98 Å². The van der Waals surface area contributed by atoms with Crippen molar-refractivity contribution in [3.8, 4) is 0 Å². The Hall–Kier alpha value is -2.35. The number of amides is 1. The molecule has 0 atom stereocenters. The Morgan fingerprint density at radius 2 is 2.08 bits per heavy atom. The fraction of sp³-hybridized carbons (Fsp3) is 0.375. The Bertz CT molecular complexity index is 684. The number of methoxy groups -OCH3 is 1. The number of pyridine rings is 1. The van der Waals surface area contributed by atoms with Crippen LogP contribution in [-0.4, -0.2) is 36.1 Å². The third kappa shape index (κ3) is 4.35. The summed E-state index contributed by atoms with van der Waals surface area (Å²) in [7, 11) is 1.50. The van der Waals surface area contributed by atoms with E-state index in [1.165, 1.54) is 25.2 Å². The minimum absolute atomic E-state index is 0.0247. The second-order valence-electron chi connectivity index (χ2n) is 5.13. The first kappa shape index (κ1) is 18.0. The molecule has 2 aromatic rings. The normalized spacial score (nSPS) is 11.5. The van der Waals surface area contributed by atoms with E-state index in [1.807, 2.05) is 0 Å². The van der Waals surface area contributed by atoms with Crippen LogP contribution in [0.3, 0.4) is 0 Å². The van der Waals surface area contributed by atoms with Gasteiger partial charge in [0.1, 0.15) is 11.5 Å². The minimum Gasteiger partial charge on any atom is -0.467 e. The van der Waals surface area contributed by atoms with Crippen molar-refractivity contribution in [2.24, 2.45) is 0 Å². The number of halogens is 3. The molecule has 130 valence electrons. The number of carbonyl (C=O) groups is 1. The number of rotatable bonds is 6. The molecular weight excluding hydrogens is 325 g/mol. The molecule has 0 radical (unpaired) electrons. The molecule has 0 unspecified atom stereocenters. The molecule has 0 aliphatic rings. The Labute approximate surface area is 137 Å². The van der Waals surface area contributed by atoms with Gasteiger partial charge in [-0.05, 0) is 31.2 Å². The maximum atomic E-state index is 12.7. The van der Waals surface area contributed by atoms with Crippen molar-refractivity contribution in [1.82, 2.24) is 9.88 Å². The second kappa shape index (κ2) is 7.48. The molecule has 0 aliphatic heterocycles. The summed E-state index contributed by atoms with van der Waals surface area (Å²) in [5.74, 6) is 0.138. The third-order valence-electron chi connectivity index (χ3n) is 3.39. The van der Waals surface area contributed by atoms with E-state index in [9.17, 15) is 18.0 Å². The van der Waals surface area contributed by atoms with Crippen LogP contribution < -0.4 is 0 Å². The minimum atomic E-state index is -4.55. The zero-order chi connectivity index (χ0) is 17.7. The molecule has 0 fully saturated rings. The highest BCUT2D eigenvalue weighted by Crippen LogP contribution is 2.28. The summed E-state index contributed by atoms with van der Waals surface area (Å²) in [5, 5.41) is 0. The first-order chi connectivity index (χ1) is 11.3. The molecule has 8 heteroatoms. The van der Waals surface area contributed by atoms with Gasteiger partial charge in [0.05, 0.1) is 30.7 Å². The monoisotopic (exact) mass is 342 g/mol. The first-order valence-electron chi connectivity index (χ1n) is 7.18. The van der Waals surface area contributed by atoms with Crippen molar-refractivity contribution >= 4 is 5.91 Å². The number of nitrogens with zero attached hydrogens (tertiary/aromatic N) is 2. The predicted octanol–water partition coefficient (Wildman–Crippen LogP) is 3.29. The fourth-order valence-electron chi connectivity index (χ4n) is 2.16. The Balaban J connectivity index is 2.25. The molecule has 0 saturated carbocycles. The lowest BCUT2D eigenvalue weighted by molar-refractivity contribution is -0.141. The van der Waals surface area contributed by atoms with E-state index in [4.69, 9.17) is 9.15 Å². The van der Waals surface area contributed by atoms with Crippen molar-refractivity contribution in [2.45, 2.75) is 19.6 Å². The molecule has 0 aromatic carbocycles. The number of carbonyl (C=O) groups excluding carboxylic acids is 1. The molecule has 0 N–H and O–H groups in total. The molecule has 0 bridgehead atoms. The molecular formula is C16H17F3N2O3. The van der Waals surface area contributed by atoms with Crippen LogP contribution in [0.2, 0.25) is 0 Å². The summed E-state index contributed by atoms with van der Waals surface area (Å²) in [6.45, 7) is 2.13. The summed E-state index contributed by atoms with van der Waals surface area (Å²) in [6.07, 6.45) is -3.06. The van der Waals surface area contributed by atoms with Crippen LogP contribution in [-0.2, 0) is 17.5 Å². The highest BCUT2D eigenvalue weighted by atomic mass is 19.4. The number of ether oxygens (including phenoxy) is 1. The zero-order valence-corrected chi connectivity index (χ0v) is 13.3. The van der Waals surface area contributed by atoms with Crippen LogP contribution in [0.5, 0.6) is 0 Å². The molecule has 1 amide bonds. The van der Waals surface area contributed by atoms with E-state index in [0.29, 0.717) is 12.4 Å². The van der Waals surface area contributed by atoms with Crippen LogP contribution in [0, 0.1) is 6.92 Å². The van der Waals surface area contributed by atoms with Crippen LogP contribution in [0.4, 0.5) is 13.2 Å². The smallest absolute Gasteiger partial charge is 0.433 e. The van der Waals surface area contributed by atoms with Gasteiger partial charge >= 0.3 is 6.18 Å². The number of hydrogen-bond acceptors (Lipinski definition) is 4. The maximum absolute atomic E-state index is 12.7. The lowest BCUT2D eigenvalue weighted by Crippen LogP contribution is -2.34. The Morgan fingerprint density at radius 3 is 2.62 bits per heavy atom. The molecule has 0 aliphatic carbocycles. The highest BCUT2D eigenvalue weighted by molar-refractivity contribution is 5.95. The largest absolute Gasteiger partial charge is 0.467 e. The summed E-state index contributed by atoms with van der Waals surface area (Å²) in [4.78, 5) is 17.6. The number of aromatic nitrogens is 1. The van der Waals surface area contributed by atoms with Gasteiger partial charge < -0.3 is 14.1 Å². The lowest BCUT2D eigenvalue weighted by atomic mass is 10.1. The number of hydrogen-bond donors (Lipinski definition) is 0. The average Bonchev–Trinajstić information content (AvgIpc) is 3.02. The van der Waals surface area contributed by atoms with E-state index in [2.05, 4.69) is 4.98 Å². The van der Waals surface area contributed by atoms with Crippen molar-refractivity contribution in [3.05, 3.63) is 53.2 Å². The van der Waals surface area contributed by atoms with E-state index in [0.717, 1.165) is 12.1 Å². The Kier molecular flexibility index (Phi) is 5.61. The van der Waals surface area contributed by atoms with E-state index >= 15 is 0 Å². The predicted molar refractivity (Wildman–Crippen MR) is 79.3 cm³/mol. The average molecular weight is 342 g/mol. The summed E-state index contributed by atoms with van der Waals surface area (Å²) in [5.41, 5.74) is -0.881. The number of alkyl halides is 3. The quantitative estimate of drug-likeness (QED) is 0.808. The first-order valence-corrected chi connectivity index (χ1v) is 7.18. The molecule has 2 rings (SSSR count). The fourth-order valence-corrected chi connectivity index (χ4v) is 2.16. The van der Waals surface area contributed by atoms with Gasteiger partial charge in [-0.1, -0.05) is 0 Å². The van der Waals surface area contributed by atoms with Crippen LogP contribution in [0.1, 0.15) is 27.5 Å². The lowest BCUT2D eigenvalue weighted by Gasteiger charge is -2.22. The molecule has 2 aromatic heterocycles. The summed E-state index contributed by atoms with van der Waals surface area (Å²) < 4.78 is 48.3. The molecule has 5 nitrogen and oxygen atoms in total. The van der Waals surface area contributed by atoms with Gasteiger partial charge in [0.15, 0.2) is 0 Å². The van der Waals surface area contributed by atoms with Crippen LogP contribution in [0.25, 0.3) is 0 Å². The third-order valence-corrected chi connectivity index (χ3v) is 3.39. The van der Waals surface area contributed by atoms with Crippen LogP contribution in [0.15, 0.2) is 34.9 Å². The van der Waals surface area contributed by atoms with Crippen LogP contribution >= 0.6 is 0 Å². The molecule has 2 heterocycles. The van der Waals surface area contributed by atoms with Gasteiger partial charge in [-0.2, -0.15) is 13.2 Å². The van der Waals surface area contributed by atoms with Crippen molar-refractivity contribution < 1.29 is 27.1 Å². The standard InChI is InChI=1S/C16H17F3N2O3/c1-11-13(5-6-14(20-11)16(17,18)19)15(22)21(7-9-23-2)10-12-4-3-8-24-12/h3-6,8H,7,9-10H2,1-2H3. The summed E-state index contributed by atoms with van der Waals surface area (Å²) in [6, 6.07) is 5.36.